The molecule has 0 unspecified atom stereocenters. The van der Waals surface area contributed by atoms with Gasteiger partial charge in [-0.15, -0.1) is 0 Å². The number of carbonyl (C=O) groups excluding carboxylic acids is 4. The number of hydrogen-bond acceptors (Lipinski definition) is 13. The molecule has 0 spiro atoms. The summed E-state index contributed by atoms with van der Waals surface area (Å²) in [6.07, 6.45) is 1.79. The van der Waals surface area contributed by atoms with E-state index < -0.39 is 29.3 Å². The van der Waals surface area contributed by atoms with Crippen molar-refractivity contribution in [2.45, 2.75) is 46.5 Å². The van der Waals surface area contributed by atoms with Gasteiger partial charge < -0.3 is 25.8 Å². The lowest BCUT2D eigenvalue weighted by molar-refractivity contribution is 0.0882. The molecule has 0 radical (unpaired) electrons. The average molecular weight is 907 g/mol. The molecule has 1 aliphatic carbocycles. The summed E-state index contributed by atoms with van der Waals surface area (Å²) in [5, 5.41) is 9.77. The molecule has 3 heterocycles. The summed E-state index contributed by atoms with van der Waals surface area (Å²) in [7, 11) is 0. The van der Waals surface area contributed by atoms with Crippen LogP contribution in [0.25, 0.3) is 10.9 Å². The number of fused-ring (bicyclic) bond motifs is 3. The number of halogens is 4. The predicted molar refractivity (Wildman–Crippen MR) is 242 cm³/mol. The smallest absolute Gasteiger partial charge is 0.266 e. The maximum atomic E-state index is 14.2. The molecule has 0 bridgehead atoms. The Hall–Kier alpha value is -4.96. The zero-order valence-corrected chi connectivity index (χ0v) is 37.1. The van der Waals surface area contributed by atoms with Gasteiger partial charge in [0.2, 0.25) is 17.8 Å². The summed E-state index contributed by atoms with van der Waals surface area (Å²) in [6.45, 7) is 15.7. The van der Waals surface area contributed by atoms with Crippen LogP contribution in [0.4, 0.5) is 29.2 Å². The lowest BCUT2D eigenvalue weighted by Crippen LogP contribution is -2.29. The fourth-order valence-electron chi connectivity index (χ4n) is 7.60. The molecular weight excluding hydrogens is 862 g/mol. The molecule has 0 atom stereocenters. The molecule has 3 aromatic carbocycles. The van der Waals surface area contributed by atoms with E-state index in [0.717, 1.165) is 57.0 Å². The van der Waals surface area contributed by atoms with Gasteiger partial charge in [-0.1, -0.05) is 92.3 Å². The van der Waals surface area contributed by atoms with Gasteiger partial charge in [-0.3, -0.25) is 19.2 Å². The molecule has 14 nitrogen and oxygen atoms in total. The van der Waals surface area contributed by atoms with Gasteiger partial charge >= 0.3 is 0 Å². The van der Waals surface area contributed by atoms with Crippen molar-refractivity contribution in [1.82, 2.24) is 29.7 Å². The molecular formula is C43H44Cl4N10O4. The molecule has 1 aliphatic heterocycles. The van der Waals surface area contributed by atoms with Gasteiger partial charge in [0.05, 0.1) is 59.2 Å². The number of amides is 2. The standard InChI is InChI=1S/C43H44Cl4N10O4/c1-5-55(6-2)20-10-18-48-41-52-42(49-19-11-21-56(7-3)8-4)54-43(53-41)50-24-15-16-25-26(22-24)40(61)57(39(25)60)28-13-9-12-23-14-17-27(51-36(23)28)29-37(58)30-31(38(29)59)33(45)35(47)34(46)32(30)44/h9,12-17,22,29H,5-8,10-11,18-21H2,1-4H3,(H3,48,49,50,52,53,54). The second-order valence-corrected chi connectivity index (χ2v) is 16.0. The molecule has 0 saturated heterocycles. The van der Waals surface area contributed by atoms with Gasteiger partial charge in [-0.2, -0.15) is 15.0 Å². The third-order valence-corrected chi connectivity index (χ3v) is 12.8. The molecule has 18 heteroatoms. The molecule has 2 aliphatic rings. The minimum absolute atomic E-state index is 0.0708. The summed E-state index contributed by atoms with van der Waals surface area (Å²) >= 11 is 25.2. The summed E-state index contributed by atoms with van der Waals surface area (Å²) in [5.74, 6) is -2.82. The number of carbonyl (C=O) groups is 4. The highest BCUT2D eigenvalue weighted by molar-refractivity contribution is 6.55. The van der Waals surface area contributed by atoms with Crippen molar-refractivity contribution in [3.05, 3.63) is 96.6 Å². The number of imide groups is 1. The van der Waals surface area contributed by atoms with Crippen LogP contribution >= 0.6 is 46.4 Å². The Bertz CT molecular complexity index is 2460. The van der Waals surface area contributed by atoms with Crippen LogP contribution in [0.2, 0.25) is 20.1 Å². The first-order chi connectivity index (χ1) is 29.4. The molecule has 318 valence electrons. The van der Waals surface area contributed by atoms with Crippen molar-refractivity contribution in [1.29, 1.82) is 0 Å². The lowest BCUT2D eigenvalue weighted by atomic mass is 9.98. The third kappa shape index (κ3) is 8.75. The Balaban J connectivity index is 1.14. The highest BCUT2D eigenvalue weighted by Crippen LogP contribution is 2.48. The van der Waals surface area contributed by atoms with Crippen LogP contribution in [-0.4, -0.2) is 105 Å². The second-order valence-electron chi connectivity index (χ2n) is 14.5. The van der Waals surface area contributed by atoms with Gasteiger partial charge in [0.25, 0.3) is 11.8 Å². The maximum Gasteiger partial charge on any atom is 0.266 e. The summed E-state index contributed by atoms with van der Waals surface area (Å²) in [4.78, 5) is 79.9. The first-order valence-electron chi connectivity index (χ1n) is 20.2. The van der Waals surface area contributed by atoms with Crippen LogP contribution in [0.15, 0.2) is 48.5 Å². The fraction of sp³-hybridized carbons (Fsp3) is 0.349. The Kier molecular flexibility index (Phi) is 13.7. The second kappa shape index (κ2) is 19.0. The van der Waals surface area contributed by atoms with Gasteiger partial charge in [0.1, 0.15) is 5.92 Å². The summed E-state index contributed by atoms with van der Waals surface area (Å²) in [5.41, 5.74) is 0.995. The minimum Gasteiger partial charge on any atom is -0.354 e. The topological polar surface area (TPSA) is 166 Å². The molecule has 7 rings (SSSR count). The van der Waals surface area contributed by atoms with Gasteiger partial charge in [-0.05, 0) is 82.4 Å². The normalized spacial score (nSPS) is 13.9. The van der Waals surface area contributed by atoms with Gasteiger partial charge in [0.15, 0.2) is 11.6 Å². The van der Waals surface area contributed by atoms with Crippen molar-refractivity contribution in [3.63, 3.8) is 0 Å². The van der Waals surface area contributed by atoms with E-state index >= 15 is 0 Å². The Morgan fingerprint density at radius 2 is 1.16 bits per heavy atom. The number of benzene rings is 3. The molecule has 0 fully saturated rings. The van der Waals surface area contributed by atoms with E-state index in [1.807, 2.05) is 0 Å². The molecule has 3 N–H and O–H groups in total. The number of aromatic nitrogens is 4. The van der Waals surface area contributed by atoms with Crippen LogP contribution in [-0.2, 0) is 0 Å². The number of para-hydroxylation sites is 1. The quantitative estimate of drug-likeness (QED) is 0.0251. The van der Waals surface area contributed by atoms with Crippen LogP contribution < -0.4 is 20.9 Å². The highest BCUT2D eigenvalue weighted by Gasteiger charge is 2.45. The SMILES string of the molecule is CCN(CC)CCCNc1nc(NCCCN(CC)CC)nc(Nc2ccc3c(c2)C(=O)N(c2cccc4ccc(C5C(=O)c6c(Cl)c(Cl)c(Cl)c(Cl)c6C5=O)nc24)C3=O)n1. The number of ketones is 2. The summed E-state index contributed by atoms with van der Waals surface area (Å²) < 4.78 is 0. The van der Waals surface area contributed by atoms with Gasteiger partial charge in [-0.25, -0.2) is 9.88 Å². The first-order valence-corrected chi connectivity index (χ1v) is 21.7. The van der Waals surface area contributed by atoms with E-state index in [4.69, 9.17) is 51.4 Å². The van der Waals surface area contributed by atoms with E-state index in [2.05, 4.69) is 68.4 Å². The van der Waals surface area contributed by atoms with E-state index in [1.165, 1.54) is 6.07 Å². The van der Waals surface area contributed by atoms with Crippen LogP contribution in [0.5, 0.6) is 0 Å². The van der Waals surface area contributed by atoms with Crippen LogP contribution in [0, 0.1) is 0 Å². The molecule has 2 amide bonds. The Morgan fingerprint density at radius 3 is 1.72 bits per heavy atom. The van der Waals surface area contributed by atoms with Crippen molar-refractivity contribution in [2.24, 2.45) is 0 Å². The summed E-state index contributed by atoms with van der Waals surface area (Å²) in [6, 6.07) is 13.0. The zero-order valence-electron chi connectivity index (χ0n) is 34.0. The van der Waals surface area contributed by atoms with Crippen molar-refractivity contribution in [3.8, 4) is 0 Å². The maximum absolute atomic E-state index is 14.2. The fourth-order valence-corrected chi connectivity index (χ4v) is 8.64. The molecule has 2 aromatic heterocycles. The van der Waals surface area contributed by atoms with Crippen LogP contribution in [0.3, 0.4) is 0 Å². The molecule has 5 aromatic rings. The number of pyridine rings is 1. The largest absolute Gasteiger partial charge is 0.354 e. The molecule has 0 saturated carbocycles. The number of Topliss-reactive ketones (excluding diaryl/α,β-unsaturated/α-hetero) is 2. The zero-order chi connectivity index (χ0) is 43.5. The number of nitrogens with one attached hydrogen (secondary N) is 3. The average Bonchev–Trinajstić information content (AvgIpc) is 3.67. The van der Waals surface area contributed by atoms with Crippen molar-refractivity contribution < 1.29 is 19.2 Å². The predicted octanol–water partition coefficient (Wildman–Crippen LogP) is 9.03. The van der Waals surface area contributed by atoms with Crippen molar-refractivity contribution >= 4 is 110 Å². The van der Waals surface area contributed by atoms with Crippen molar-refractivity contribution in [2.75, 3.05) is 73.2 Å². The monoisotopic (exact) mass is 904 g/mol. The lowest BCUT2D eigenvalue weighted by Gasteiger charge is -2.18. The van der Waals surface area contributed by atoms with Gasteiger partial charge in [0, 0.05) is 24.2 Å². The Labute approximate surface area is 373 Å². The third-order valence-electron chi connectivity index (χ3n) is 11.0. The van der Waals surface area contributed by atoms with Crippen LogP contribution in [0.1, 0.15) is 93.6 Å². The van der Waals surface area contributed by atoms with E-state index in [0.29, 0.717) is 36.1 Å². The number of rotatable bonds is 18. The van der Waals surface area contributed by atoms with E-state index in [-0.39, 0.29) is 65.2 Å². The minimum atomic E-state index is -1.41. The van der Waals surface area contributed by atoms with E-state index in [9.17, 15) is 19.2 Å². The highest BCUT2D eigenvalue weighted by atomic mass is 35.5. The number of anilines is 5. The first kappa shape index (κ1) is 44.1. The Morgan fingerprint density at radius 1 is 0.623 bits per heavy atom. The van der Waals surface area contributed by atoms with E-state index in [1.54, 1.807) is 42.5 Å². The molecule has 61 heavy (non-hydrogen) atoms. The number of hydrogen-bond donors (Lipinski definition) is 3. The number of nitrogens with zero attached hydrogens (tertiary/aromatic N) is 7.